The molecule has 0 radical (unpaired) electrons. The van der Waals surface area contributed by atoms with Crippen molar-refractivity contribution in [1.82, 2.24) is 14.7 Å². The molecule has 0 spiro atoms. The lowest BCUT2D eigenvalue weighted by Crippen LogP contribution is -2.51. The summed E-state index contributed by atoms with van der Waals surface area (Å²) in [6.45, 7) is 13.6. The molecule has 0 aromatic heterocycles. The summed E-state index contributed by atoms with van der Waals surface area (Å²) in [5.74, 6) is 0.952. The lowest BCUT2D eigenvalue weighted by molar-refractivity contribution is 0.0769. The van der Waals surface area contributed by atoms with Crippen LogP contribution in [-0.4, -0.2) is 73.6 Å². The van der Waals surface area contributed by atoms with Crippen molar-refractivity contribution >= 4 is 0 Å². The Kier molecular flexibility index (Phi) is 4.83. The Morgan fingerprint density at radius 3 is 2.29 bits per heavy atom. The van der Waals surface area contributed by atoms with E-state index in [4.69, 9.17) is 0 Å². The molecule has 1 atom stereocenters. The summed E-state index contributed by atoms with van der Waals surface area (Å²) in [5, 5.41) is 0. The number of rotatable bonds is 3. The van der Waals surface area contributed by atoms with Crippen molar-refractivity contribution in [2.24, 2.45) is 5.92 Å². The quantitative estimate of drug-likeness (QED) is 0.736. The molecule has 17 heavy (non-hydrogen) atoms. The van der Waals surface area contributed by atoms with Crippen LogP contribution in [0.3, 0.4) is 0 Å². The first-order valence-electron chi connectivity index (χ1n) is 7.34. The minimum absolute atomic E-state index is 0.736. The van der Waals surface area contributed by atoms with Crippen molar-refractivity contribution in [3.8, 4) is 0 Å². The van der Waals surface area contributed by atoms with Gasteiger partial charge in [-0.05, 0) is 52.4 Å². The Labute approximate surface area is 107 Å². The third-order valence-corrected chi connectivity index (χ3v) is 4.71. The minimum atomic E-state index is 0.736. The van der Waals surface area contributed by atoms with E-state index < -0.39 is 0 Å². The molecule has 3 nitrogen and oxygen atoms in total. The number of piperidine rings is 1. The van der Waals surface area contributed by atoms with Crippen LogP contribution in [0.25, 0.3) is 0 Å². The van der Waals surface area contributed by atoms with Crippen molar-refractivity contribution in [3.63, 3.8) is 0 Å². The largest absolute Gasteiger partial charge is 0.304 e. The number of piperazine rings is 1. The Morgan fingerprint density at radius 1 is 1.00 bits per heavy atom. The van der Waals surface area contributed by atoms with E-state index in [0.29, 0.717) is 0 Å². The fourth-order valence-electron chi connectivity index (χ4n) is 3.14. The lowest BCUT2D eigenvalue weighted by atomic mass is 9.95. The molecule has 0 amide bonds. The number of likely N-dealkylation sites (N-methyl/N-ethyl adjacent to an activating group) is 1. The maximum Gasteiger partial charge on any atom is 0.0192 e. The molecule has 0 aromatic carbocycles. The summed E-state index contributed by atoms with van der Waals surface area (Å²) in [4.78, 5) is 7.76. The van der Waals surface area contributed by atoms with Gasteiger partial charge < -0.3 is 14.7 Å². The number of hydrogen-bond donors (Lipinski definition) is 0. The predicted molar refractivity (Wildman–Crippen MR) is 73.4 cm³/mol. The molecular weight excluding hydrogens is 210 g/mol. The number of likely N-dealkylation sites (tertiary alicyclic amines) is 1. The third-order valence-electron chi connectivity index (χ3n) is 4.71. The molecule has 0 bridgehead atoms. The summed E-state index contributed by atoms with van der Waals surface area (Å²) in [7, 11) is 2.25. The van der Waals surface area contributed by atoms with Crippen LogP contribution >= 0.6 is 0 Å². The van der Waals surface area contributed by atoms with Gasteiger partial charge in [0, 0.05) is 32.2 Å². The minimum Gasteiger partial charge on any atom is -0.304 e. The van der Waals surface area contributed by atoms with Gasteiger partial charge in [0.05, 0.1) is 0 Å². The summed E-state index contributed by atoms with van der Waals surface area (Å²) >= 11 is 0. The molecule has 100 valence electrons. The standard InChI is InChI=1S/C14H29N3/c1-4-16-7-5-14(6-8-16)12-17-10-9-15(3)13(2)11-17/h13-14H,4-12H2,1-3H3/t13-/m0/s1. The van der Waals surface area contributed by atoms with Gasteiger partial charge in [-0.2, -0.15) is 0 Å². The zero-order valence-corrected chi connectivity index (χ0v) is 11.9. The van der Waals surface area contributed by atoms with Crippen molar-refractivity contribution < 1.29 is 0 Å². The van der Waals surface area contributed by atoms with E-state index in [1.54, 1.807) is 0 Å². The topological polar surface area (TPSA) is 9.72 Å². The molecule has 2 aliphatic heterocycles. The molecule has 2 saturated heterocycles. The van der Waals surface area contributed by atoms with Gasteiger partial charge in [0.1, 0.15) is 0 Å². The maximum atomic E-state index is 2.69. The predicted octanol–water partition coefficient (Wildman–Crippen LogP) is 1.35. The van der Waals surface area contributed by atoms with E-state index in [1.807, 2.05) is 0 Å². The highest BCUT2D eigenvalue weighted by Crippen LogP contribution is 2.19. The lowest BCUT2D eigenvalue weighted by Gasteiger charge is -2.40. The molecule has 0 aromatic rings. The van der Waals surface area contributed by atoms with Crippen LogP contribution in [-0.2, 0) is 0 Å². The van der Waals surface area contributed by atoms with Gasteiger partial charge >= 0.3 is 0 Å². The van der Waals surface area contributed by atoms with Crippen molar-refractivity contribution in [2.75, 3.05) is 52.9 Å². The summed E-state index contributed by atoms with van der Waals surface area (Å²) in [5.41, 5.74) is 0. The molecule has 0 N–H and O–H groups in total. The van der Waals surface area contributed by atoms with Gasteiger partial charge in [-0.25, -0.2) is 0 Å². The highest BCUT2D eigenvalue weighted by atomic mass is 15.3. The van der Waals surface area contributed by atoms with E-state index in [2.05, 4.69) is 35.6 Å². The first-order chi connectivity index (χ1) is 8.19. The zero-order chi connectivity index (χ0) is 12.3. The van der Waals surface area contributed by atoms with Crippen LogP contribution in [0, 0.1) is 5.92 Å². The highest BCUT2D eigenvalue weighted by molar-refractivity contribution is 4.80. The molecule has 2 heterocycles. The van der Waals surface area contributed by atoms with Crippen LogP contribution in [0.1, 0.15) is 26.7 Å². The Morgan fingerprint density at radius 2 is 1.71 bits per heavy atom. The van der Waals surface area contributed by atoms with Crippen molar-refractivity contribution in [1.29, 1.82) is 0 Å². The molecule has 2 fully saturated rings. The van der Waals surface area contributed by atoms with E-state index in [9.17, 15) is 0 Å². The Balaban J connectivity index is 1.71. The first kappa shape index (κ1) is 13.3. The number of hydrogen-bond acceptors (Lipinski definition) is 3. The van der Waals surface area contributed by atoms with Gasteiger partial charge in [-0.3, -0.25) is 0 Å². The average molecular weight is 239 g/mol. The van der Waals surface area contributed by atoms with E-state index >= 15 is 0 Å². The molecule has 2 aliphatic rings. The molecule has 2 rings (SSSR count). The molecule has 3 heteroatoms. The van der Waals surface area contributed by atoms with Crippen LogP contribution in [0.2, 0.25) is 0 Å². The molecule has 0 unspecified atom stereocenters. The second kappa shape index (κ2) is 6.17. The van der Waals surface area contributed by atoms with Gasteiger partial charge in [0.2, 0.25) is 0 Å². The van der Waals surface area contributed by atoms with Crippen molar-refractivity contribution in [2.45, 2.75) is 32.7 Å². The van der Waals surface area contributed by atoms with Gasteiger partial charge in [0.25, 0.3) is 0 Å². The van der Waals surface area contributed by atoms with Crippen LogP contribution in [0.15, 0.2) is 0 Å². The third kappa shape index (κ3) is 3.67. The fourth-order valence-corrected chi connectivity index (χ4v) is 3.14. The normalized spacial score (nSPS) is 30.9. The molecule has 0 aliphatic carbocycles. The SMILES string of the molecule is CCN1CCC(CN2CCN(C)[C@@H](C)C2)CC1. The van der Waals surface area contributed by atoms with Crippen LogP contribution < -0.4 is 0 Å². The zero-order valence-electron chi connectivity index (χ0n) is 11.9. The Hall–Kier alpha value is -0.120. The van der Waals surface area contributed by atoms with E-state index in [0.717, 1.165) is 12.0 Å². The van der Waals surface area contributed by atoms with E-state index in [-0.39, 0.29) is 0 Å². The summed E-state index contributed by atoms with van der Waals surface area (Å²) in [6, 6.07) is 0.736. The first-order valence-corrected chi connectivity index (χ1v) is 7.34. The highest BCUT2D eigenvalue weighted by Gasteiger charge is 2.25. The second-order valence-corrected chi connectivity index (χ2v) is 5.97. The van der Waals surface area contributed by atoms with Gasteiger partial charge in [-0.1, -0.05) is 6.92 Å². The van der Waals surface area contributed by atoms with Crippen LogP contribution in [0.4, 0.5) is 0 Å². The smallest absolute Gasteiger partial charge is 0.0192 e. The summed E-state index contributed by atoms with van der Waals surface area (Å²) in [6.07, 6.45) is 2.82. The van der Waals surface area contributed by atoms with E-state index in [1.165, 1.54) is 58.7 Å². The average Bonchev–Trinajstić information content (AvgIpc) is 2.35. The monoisotopic (exact) mass is 239 g/mol. The van der Waals surface area contributed by atoms with Crippen LogP contribution in [0.5, 0.6) is 0 Å². The molecule has 0 saturated carbocycles. The van der Waals surface area contributed by atoms with Gasteiger partial charge in [-0.15, -0.1) is 0 Å². The van der Waals surface area contributed by atoms with Crippen molar-refractivity contribution in [3.05, 3.63) is 0 Å². The Bertz CT molecular complexity index is 224. The second-order valence-electron chi connectivity index (χ2n) is 5.97. The number of nitrogens with zero attached hydrogens (tertiary/aromatic N) is 3. The fraction of sp³-hybridized carbons (Fsp3) is 1.00. The summed E-state index contributed by atoms with van der Waals surface area (Å²) < 4.78 is 0. The molecular formula is C14H29N3. The maximum absolute atomic E-state index is 2.69. The van der Waals surface area contributed by atoms with Gasteiger partial charge in [0.15, 0.2) is 0 Å².